The summed E-state index contributed by atoms with van der Waals surface area (Å²) in [6.45, 7) is 0.109. The molecule has 3 rings (SSSR count). The Balaban J connectivity index is 1.77. The zero-order valence-corrected chi connectivity index (χ0v) is 14.6. The fourth-order valence-corrected chi connectivity index (χ4v) is 3.36. The smallest absolute Gasteiger partial charge is 0.284 e. The van der Waals surface area contributed by atoms with Crippen molar-refractivity contribution in [3.63, 3.8) is 0 Å². The Hall–Kier alpha value is -2.00. The largest absolute Gasteiger partial charge is 0.409 e. The molecule has 0 spiro atoms. The van der Waals surface area contributed by atoms with Crippen LogP contribution < -0.4 is 4.72 Å². The number of H-pyrrole nitrogens is 1. The Bertz CT molecular complexity index is 1010. The number of sulfonamides is 1. The highest BCUT2D eigenvalue weighted by Gasteiger charge is 2.15. The van der Waals surface area contributed by atoms with Gasteiger partial charge in [0.05, 0.1) is 4.90 Å². The van der Waals surface area contributed by atoms with Crippen LogP contribution in [0.3, 0.4) is 0 Å². The first-order valence-corrected chi connectivity index (χ1v) is 9.12. The lowest BCUT2D eigenvalue weighted by molar-refractivity contribution is 0.552. The van der Waals surface area contributed by atoms with Gasteiger partial charge in [0.25, 0.3) is 4.84 Å². The van der Waals surface area contributed by atoms with E-state index in [1.807, 2.05) is 0 Å². The first-order chi connectivity index (χ1) is 11.5. The van der Waals surface area contributed by atoms with Gasteiger partial charge in [0.1, 0.15) is 0 Å². The molecule has 0 atom stereocenters. The van der Waals surface area contributed by atoms with Gasteiger partial charge in [-0.25, -0.2) is 18.2 Å². The van der Waals surface area contributed by atoms with Gasteiger partial charge in [-0.1, -0.05) is 29.8 Å². The van der Waals surface area contributed by atoms with Gasteiger partial charge in [0.15, 0.2) is 0 Å². The van der Waals surface area contributed by atoms with Crippen molar-refractivity contribution in [3.8, 4) is 11.5 Å². The van der Waals surface area contributed by atoms with Gasteiger partial charge in [-0.2, -0.15) is 0 Å². The van der Waals surface area contributed by atoms with Crippen LogP contribution in [-0.4, -0.2) is 18.6 Å². The zero-order valence-electron chi connectivity index (χ0n) is 12.2. The molecule has 0 aliphatic carbocycles. The molecule has 24 heavy (non-hydrogen) atoms. The topological polar surface area (TPSA) is 88.0 Å². The highest BCUT2D eigenvalue weighted by atomic mass is 35.5. The highest BCUT2D eigenvalue weighted by molar-refractivity contribution is 7.89. The molecule has 2 aromatic carbocycles. The number of nitrogens with zero attached hydrogens (tertiary/aromatic N) is 1. The number of hydrogen-bond donors (Lipinski definition) is 2. The predicted molar refractivity (Wildman–Crippen MR) is 92.6 cm³/mol. The van der Waals surface area contributed by atoms with Crippen LogP contribution >= 0.6 is 23.8 Å². The summed E-state index contributed by atoms with van der Waals surface area (Å²) < 4.78 is 32.4. The Kier molecular flexibility index (Phi) is 4.81. The quantitative estimate of drug-likeness (QED) is 0.660. The fourth-order valence-electron chi connectivity index (χ4n) is 2.03. The summed E-state index contributed by atoms with van der Waals surface area (Å²) in [5.41, 5.74) is 1.32. The third-order valence-corrected chi connectivity index (χ3v) is 5.22. The Labute approximate surface area is 148 Å². The molecule has 0 saturated heterocycles. The average Bonchev–Trinajstić information content (AvgIpc) is 3.01. The van der Waals surface area contributed by atoms with Crippen LogP contribution in [0.4, 0.5) is 0 Å². The molecule has 0 fully saturated rings. The molecule has 0 saturated carbocycles. The number of nitrogens with one attached hydrogen (secondary N) is 2. The molecular weight excluding hydrogens is 370 g/mol. The van der Waals surface area contributed by atoms with Crippen LogP contribution in [0.5, 0.6) is 0 Å². The van der Waals surface area contributed by atoms with E-state index in [0.29, 0.717) is 22.0 Å². The van der Waals surface area contributed by atoms with E-state index in [0.717, 1.165) is 0 Å². The van der Waals surface area contributed by atoms with Gasteiger partial charge < -0.3 is 4.42 Å². The van der Waals surface area contributed by atoms with Crippen LogP contribution in [0.15, 0.2) is 57.8 Å². The number of benzene rings is 2. The Morgan fingerprint density at radius 2 is 1.88 bits per heavy atom. The zero-order chi connectivity index (χ0) is 17.2. The summed E-state index contributed by atoms with van der Waals surface area (Å²) in [6.07, 6.45) is 0. The van der Waals surface area contributed by atoms with Crippen LogP contribution in [0.1, 0.15) is 5.56 Å². The van der Waals surface area contributed by atoms with Crippen molar-refractivity contribution in [2.45, 2.75) is 11.4 Å². The van der Waals surface area contributed by atoms with Gasteiger partial charge >= 0.3 is 0 Å². The summed E-state index contributed by atoms with van der Waals surface area (Å²) >= 11 is 10.8. The normalized spacial score (nSPS) is 11.5. The number of aromatic nitrogens is 2. The molecule has 0 radical (unpaired) electrons. The van der Waals surface area contributed by atoms with Gasteiger partial charge in [0, 0.05) is 17.1 Å². The number of halogens is 1. The van der Waals surface area contributed by atoms with Gasteiger partial charge in [-0.15, -0.1) is 5.10 Å². The van der Waals surface area contributed by atoms with E-state index in [-0.39, 0.29) is 16.3 Å². The molecule has 0 unspecified atom stereocenters. The molecule has 0 aliphatic rings. The van der Waals surface area contributed by atoms with Crippen LogP contribution in [0, 0.1) is 4.84 Å². The Morgan fingerprint density at radius 3 is 2.50 bits per heavy atom. The summed E-state index contributed by atoms with van der Waals surface area (Å²) in [7, 11) is -3.66. The van der Waals surface area contributed by atoms with Crippen molar-refractivity contribution < 1.29 is 12.8 Å². The summed E-state index contributed by atoms with van der Waals surface area (Å²) in [5.74, 6) is 0.299. The molecule has 3 aromatic rings. The molecule has 2 N–H and O–H groups in total. The van der Waals surface area contributed by atoms with Gasteiger partial charge in [0.2, 0.25) is 15.9 Å². The second-order valence-electron chi connectivity index (χ2n) is 4.86. The minimum Gasteiger partial charge on any atom is -0.409 e. The van der Waals surface area contributed by atoms with E-state index < -0.39 is 10.0 Å². The van der Waals surface area contributed by atoms with E-state index in [2.05, 4.69) is 14.9 Å². The van der Waals surface area contributed by atoms with E-state index in [9.17, 15) is 8.42 Å². The van der Waals surface area contributed by atoms with Crippen molar-refractivity contribution in [2.24, 2.45) is 0 Å². The molecule has 1 heterocycles. The maximum Gasteiger partial charge on any atom is 0.284 e. The molecular formula is C15H12ClN3O3S2. The second-order valence-corrected chi connectivity index (χ2v) is 7.40. The first kappa shape index (κ1) is 16.8. The van der Waals surface area contributed by atoms with E-state index in [1.165, 1.54) is 12.1 Å². The predicted octanol–water partition coefficient (Wildman–Crippen LogP) is 3.53. The Morgan fingerprint density at radius 1 is 1.17 bits per heavy atom. The summed E-state index contributed by atoms with van der Waals surface area (Å²) in [6, 6.07) is 13.2. The first-order valence-electron chi connectivity index (χ1n) is 6.85. The lowest BCUT2D eigenvalue weighted by Crippen LogP contribution is -2.23. The number of aromatic amines is 1. The number of rotatable bonds is 5. The van der Waals surface area contributed by atoms with Gasteiger partial charge in [-0.3, -0.25) is 0 Å². The third-order valence-electron chi connectivity index (χ3n) is 3.26. The van der Waals surface area contributed by atoms with Crippen LogP contribution in [-0.2, 0) is 16.6 Å². The van der Waals surface area contributed by atoms with E-state index in [4.69, 9.17) is 28.2 Å². The van der Waals surface area contributed by atoms with Crippen molar-refractivity contribution in [1.29, 1.82) is 0 Å². The third kappa shape index (κ3) is 3.73. The van der Waals surface area contributed by atoms with E-state index in [1.54, 1.807) is 36.4 Å². The molecule has 0 aliphatic heterocycles. The second kappa shape index (κ2) is 6.86. The summed E-state index contributed by atoms with van der Waals surface area (Å²) in [5, 5.41) is 6.91. The van der Waals surface area contributed by atoms with E-state index >= 15 is 0 Å². The fraction of sp³-hybridized carbons (Fsp3) is 0.0667. The van der Waals surface area contributed by atoms with Crippen molar-refractivity contribution >= 4 is 33.8 Å². The molecule has 0 amide bonds. The maximum atomic E-state index is 12.4. The summed E-state index contributed by atoms with van der Waals surface area (Å²) in [4.78, 5) is 0.288. The monoisotopic (exact) mass is 381 g/mol. The highest BCUT2D eigenvalue weighted by Crippen LogP contribution is 2.20. The average molecular weight is 382 g/mol. The number of hydrogen-bond acceptors (Lipinski definition) is 5. The van der Waals surface area contributed by atoms with Gasteiger partial charge in [-0.05, 0) is 48.1 Å². The standard InChI is InChI=1S/C15H12ClN3O3S2/c16-13-4-2-1-3-11(13)9-17-24(20,21)12-7-5-10(6-8-12)14-18-19-15(23)22-14/h1-8,17H,9H2,(H,19,23). The lowest BCUT2D eigenvalue weighted by atomic mass is 10.2. The maximum absolute atomic E-state index is 12.4. The minimum absolute atomic E-state index is 0.109. The minimum atomic E-state index is -3.66. The van der Waals surface area contributed by atoms with Crippen molar-refractivity contribution in [1.82, 2.24) is 14.9 Å². The molecule has 124 valence electrons. The molecule has 0 bridgehead atoms. The van der Waals surface area contributed by atoms with Crippen LogP contribution in [0.2, 0.25) is 5.02 Å². The van der Waals surface area contributed by atoms with Crippen LogP contribution in [0.25, 0.3) is 11.5 Å². The van der Waals surface area contributed by atoms with Crippen molar-refractivity contribution in [2.75, 3.05) is 0 Å². The van der Waals surface area contributed by atoms with Crippen molar-refractivity contribution in [3.05, 3.63) is 64.0 Å². The molecule has 6 nitrogen and oxygen atoms in total. The molecule has 1 aromatic heterocycles. The lowest BCUT2D eigenvalue weighted by Gasteiger charge is -2.08. The molecule has 9 heteroatoms. The SMILES string of the molecule is O=S(=O)(NCc1ccccc1Cl)c1ccc(-c2n[nH]c(=S)o2)cc1.